The Labute approximate surface area is 251 Å². The van der Waals surface area contributed by atoms with Gasteiger partial charge >= 0.3 is 0 Å². The summed E-state index contributed by atoms with van der Waals surface area (Å²) in [5.41, 5.74) is 12.4. The molecule has 2 aliphatic rings. The van der Waals surface area contributed by atoms with Gasteiger partial charge in [-0.25, -0.2) is 4.98 Å². The number of halogens is 1. The van der Waals surface area contributed by atoms with Gasteiger partial charge in [-0.05, 0) is 72.6 Å². The van der Waals surface area contributed by atoms with Crippen LogP contribution in [-0.2, 0) is 13.1 Å². The molecule has 42 heavy (non-hydrogen) atoms. The van der Waals surface area contributed by atoms with Crippen LogP contribution in [0.15, 0.2) is 102 Å². The van der Waals surface area contributed by atoms with E-state index in [1.165, 1.54) is 28.1 Å². The lowest BCUT2D eigenvalue weighted by atomic mass is 10.00. The number of pyridine rings is 2. The molecule has 3 aromatic heterocycles. The van der Waals surface area contributed by atoms with E-state index >= 15 is 0 Å². The Kier molecular flexibility index (Phi) is 5.05. The first-order valence-corrected chi connectivity index (χ1v) is 14.9. The van der Waals surface area contributed by atoms with Crippen molar-refractivity contribution >= 4 is 60.1 Å². The van der Waals surface area contributed by atoms with Crippen molar-refractivity contribution in [2.24, 2.45) is 0 Å². The number of imidazole rings is 1. The highest BCUT2D eigenvalue weighted by atomic mass is 79.9. The van der Waals surface area contributed by atoms with E-state index in [0.29, 0.717) is 0 Å². The summed E-state index contributed by atoms with van der Waals surface area (Å²) < 4.78 is 3.43. The molecule has 0 radical (unpaired) electrons. The zero-order valence-electron chi connectivity index (χ0n) is 22.9. The van der Waals surface area contributed by atoms with Crippen molar-refractivity contribution in [3.05, 3.63) is 118 Å². The number of fused-ring (bicyclic) bond motifs is 12. The summed E-state index contributed by atoms with van der Waals surface area (Å²) in [6.07, 6.45) is 3.68. The summed E-state index contributed by atoms with van der Waals surface area (Å²) in [4.78, 5) is 19.9. The highest BCUT2D eigenvalue weighted by Gasteiger charge is 2.30. The molecular weight excluding hydrogens is 584 g/mol. The quantitative estimate of drug-likeness (QED) is 0.185. The average Bonchev–Trinajstić information content (AvgIpc) is 3.43. The third kappa shape index (κ3) is 3.46. The Balaban J connectivity index is 1.30. The van der Waals surface area contributed by atoms with Crippen LogP contribution in [0.2, 0.25) is 0 Å². The largest absolute Gasteiger partial charge is 0.349 e. The minimum Gasteiger partial charge on any atom is -0.349 e. The molecule has 6 nitrogen and oxygen atoms in total. The number of anilines is 2. The number of aryl methyl sites for hydroxylation is 1. The molecule has 5 heterocycles. The molecule has 0 N–H and O–H groups in total. The second-order valence-corrected chi connectivity index (χ2v) is 12.2. The molecule has 2 bridgehead atoms. The van der Waals surface area contributed by atoms with Gasteiger partial charge in [0.15, 0.2) is 0 Å². The topological polar surface area (TPSA) is 50.1 Å². The van der Waals surface area contributed by atoms with Gasteiger partial charge in [0, 0.05) is 63.4 Å². The van der Waals surface area contributed by atoms with Crippen molar-refractivity contribution in [2.45, 2.75) is 20.0 Å². The van der Waals surface area contributed by atoms with E-state index in [2.05, 4.69) is 110 Å². The smallest absolute Gasteiger partial charge is 0.145 e. The number of rotatable bonds is 2. The predicted octanol–water partition coefficient (Wildman–Crippen LogP) is 8.16. The molecule has 0 saturated carbocycles. The third-order valence-electron chi connectivity index (χ3n) is 8.66. The molecule has 7 aromatic rings. The first-order chi connectivity index (χ1) is 20.6. The minimum absolute atomic E-state index is 0.876. The van der Waals surface area contributed by atoms with E-state index in [9.17, 15) is 0 Å². The van der Waals surface area contributed by atoms with Crippen LogP contribution >= 0.6 is 15.9 Å². The molecule has 0 saturated heterocycles. The molecule has 0 amide bonds. The van der Waals surface area contributed by atoms with Crippen molar-refractivity contribution in [1.29, 1.82) is 0 Å². The molecule has 2 aliphatic heterocycles. The average molecular weight is 610 g/mol. The number of benzene rings is 4. The first-order valence-electron chi connectivity index (χ1n) is 14.1. The van der Waals surface area contributed by atoms with Crippen LogP contribution in [-0.4, -0.2) is 26.2 Å². The van der Waals surface area contributed by atoms with Crippen molar-refractivity contribution in [3.8, 4) is 17.1 Å². The Morgan fingerprint density at radius 3 is 2.12 bits per heavy atom. The minimum atomic E-state index is 0.876. The van der Waals surface area contributed by atoms with Gasteiger partial charge in [-0.2, -0.15) is 0 Å². The molecule has 9 rings (SSSR count). The Hall–Kier alpha value is -4.75. The number of hydrogen-bond acceptors (Lipinski definition) is 5. The second kappa shape index (κ2) is 8.87. The highest BCUT2D eigenvalue weighted by molar-refractivity contribution is 9.10. The van der Waals surface area contributed by atoms with Crippen LogP contribution in [0.1, 0.15) is 16.7 Å². The Bertz CT molecular complexity index is 2220. The van der Waals surface area contributed by atoms with Crippen LogP contribution in [0.25, 0.3) is 49.9 Å². The van der Waals surface area contributed by atoms with Gasteiger partial charge in [-0.3, -0.25) is 14.5 Å². The predicted molar refractivity (Wildman–Crippen MR) is 173 cm³/mol. The summed E-state index contributed by atoms with van der Waals surface area (Å²) in [6.45, 7) is 4.77. The lowest BCUT2D eigenvalue weighted by Crippen LogP contribution is -2.46. The van der Waals surface area contributed by atoms with Crippen LogP contribution in [0.4, 0.5) is 11.4 Å². The summed E-state index contributed by atoms with van der Waals surface area (Å²) >= 11 is 3.66. The maximum absolute atomic E-state index is 5.40. The maximum Gasteiger partial charge on any atom is 0.145 e. The van der Waals surface area contributed by atoms with Crippen LogP contribution in [0.5, 0.6) is 0 Å². The van der Waals surface area contributed by atoms with Gasteiger partial charge in [0.2, 0.25) is 0 Å². The summed E-state index contributed by atoms with van der Waals surface area (Å²) in [7, 11) is 0. The second-order valence-electron chi connectivity index (χ2n) is 11.3. The molecule has 0 atom stereocenters. The van der Waals surface area contributed by atoms with Crippen LogP contribution < -0.4 is 9.80 Å². The lowest BCUT2D eigenvalue weighted by molar-refractivity contribution is 0.651. The fourth-order valence-corrected chi connectivity index (χ4v) is 7.05. The van der Waals surface area contributed by atoms with Crippen molar-refractivity contribution < 1.29 is 0 Å². The maximum atomic E-state index is 5.40. The molecule has 0 unspecified atom stereocenters. The SMILES string of the molecule is Cc1ccc(-n2c(-c3ccc4c(c3)N3Cc5ccc(Br)cc5N(C4)C3)nc3c4cccnc4c4ncccc4c32)cc1. The summed E-state index contributed by atoms with van der Waals surface area (Å²) in [5, 5.41) is 2.06. The van der Waals surface area contributed by atoms with Gasteiger partial charge in [0.25, 0.3) is 0 Å². The zero-order valence-corrected chi connectivity index (χ0v) is 24.5. The summed E-state index contributed by atoms with van der Waals surface area (Å²) in [5.74, 6) is 0.918. The monoisotopic (exact) mass is 608 g/mol. The van der Waals surface area contributed by atoms with Crippen LogP contribution in [0, 0.1) is 6.92 Å². The van der Waals surface area contributed by atoms with Gasteiger partial charge in [-0.1, -0.05) is 51.8 Å². The fourth-order valence-electron chi connectivity index (χ4n) is 6.70. The Morgan fingerprint density at radius 2 is 1.36 bits per heavy atom. The van der Waals surface area contributed by atoms with Crippen LogP contribution in [0.3, 0.4) is 0 Å². The van der Waals surface area contributed by atoms with Crippen molar-refractivity contribution in [3.63, 3.8) is 0 Å². The van der Waals surface area contributed by atoms with Crippen molar-refractivity contribution in [2.75, 3.05) is 16.5 Å². The molecule has 4 aromatic carbocycles. The van der Waals surface area contributed by atoms with Gasteiger partial charge in [0.05, 0.1) is 28.7 Å². The fraction of sp³-hybridized carbons (Fsp3) is 0.114. The lowest BCUT2D eigenvalue weighted by Gasteiger charge is -2.45. The van der Waals surface area contributed by atoms with E-state index in [0.717, 1.165) is 74.1 Å². The van der Waals surface area contributed by atoms with E-state index < -0.39 is 0 Å². The highest BCUT2D eigenvalue weighted by Crippen LogP contribution is 2.42. The molecular formula is C35H25BrN6. The zero-order chi connectivity index (χ0) is 27.9. The standard InChI is InChI=1S/C35H25BrN6/c1-21-6-12-26(13-7-21)42-34-28-5-3-15-38-32(28)31-27(4-2-14-37-31)33(34)39-35(42)22-8-9-23-18-41-20-40(29(23)16-22)19-24-10-11-25(36)17-30(24)41/h2-17H,18-20H2,1H3. The van der Waals surface area contributed by atoms with Crippen molar-refractivity contribution in [1.82, 2.24) is 19.5 Å². The van der Waals surface area contributed by atoms with E-state index in [4.69, 9.17) is 15.0 Å². The third-order valence-corrected chi connectivity index (χ3v) is 9.15. The number of aromatic nitrogens is 4. The number of hydrogen-bond donors (Lipinski definition) is 0. The van der Waals surface area contributed by atoms with Gasteiger partial charge in [-0.15, -0.1) is 0 Å². The normalized spacial score (nSPS) is 14.0. The van der Waals surface area contributed by atoms with E-state index in [1.807, 2.05) is 24.5 Å². The van der Waals surface area contributed by atoms with E-state index in [1.54, 1.807) is 0 Å². The number of nitrogens with zero attached hydrogens (tertiary/aromatic N) is 6. The summed E-state index contributed by atoms with van der Waals surface area (Å²) in [6, 6.07) is 30.4. The van der Waals surface area contributed by atoms with Gasteiger partial charge < -0.3 is 9.80 Å². The molecule has 0 spiro atoms. The van der Waals surface area contributed by atoms with Gasteiger partial charge in [0.1, 0.15) is 5.82 Å². The molecule has 7 heteroatoms. The van der Waals surface area contributed by atoms with E-state index in [-0.39, 0.29) is 0 Å². The first kappa shape index (κ1) is 23.9. The molecule has 0 fully saturated rings. The molecule has 0 aliphatic carbocycles. The Morgan fingerprint density at radius 1 is 0.690 bits per heavy atom. The molecule has 202 valence electrons.